The number of hydrogen-bond acceptors (Lipinski definition) is 4. The van der Waals surface area contributed by atoms with Crippen molar-refractivity contribution in [2.45, 2.75) is 12.1 Å². The molecule has 5 nitrogen and oxygen atoms in total. The molecule has 3 heterocycles. The van der Waals surface area contributed by atoms with E-state index < -0.39 is 35.6 Å². The second-order valence-electron chi connectivity index (χ2n) is 8.69. The van der Waals surface area contributed by atoms with Gasteiger partial charge in [0.05, 0.1) is 23.6 Å². The molecule has 0 bridgehead atoms. The van der Waals surface area contributed by atoms with Crippen molar-refractivity contribution in [3.8, 4) is 0 Å². The van der Waals surface area contributed by atoms with Crippen LogP contribution in [0.15, 0.2) is 79.0 Å². The summed E-state index contributed by atoms with van der Waals surface area (Å²) < 4.78 is 13.5. The lowest BCUT2D eigenvalue weighted by atomic mass is 9.83. The van der Waals surface area contributed by atoms with Crippen LogP contribution in [0.3, 0.4) is 0 Å². The van der Waals surface area contributed by atoms with Gasteiger partial charge in [-0.1, -0.05) is 35.9 Å². The number of rotatable bonds is 3. The Kier molecular flexibility index (Phi) is 4.67. The number of fused-ring (bicyclic) bond motifs is 5. The Balaban J connectivity index is 1.49. The highest BCUT2D eigenvalue weighted by Gasteiger charge is 2.64. The number of Topliss-reactive ketones (excluding diaryl/α,β-unsaturated/α-hetero) is 1. The molecule has 4 atom stereocenters. The lowest BCUT2D eigenvalue weighted by molar-refractivity contribution is -0.123. The molecule has 7 heteroatoms. The van der Waals surface area contributed by atoms with Crippen molar-refractivity contribution in [1.29, 1.82) is 0 Å². The standard InChI is InChI=1S/C27H18ClFN2O3/c28-17-7-5-16(6-8-17)25(32)24-22-21(23-20-4-2-1-3-15(20)13-14-30(23)24)26(33)31(27(22)34)19-11-9-18(29)10-12-19/h1-14,21-24H/t21-,22+,23-,24-/m0/s1. The molecule has 2 fully saturated rings. The van der Waals surface area contributed by atoms with Crippen LogP contribution in [0.25, 0.3) is 6.08 Å². The molecule has 0 radical (unpaired) electrons. The number of imide groups is 1. The molecule has 0 N–H and O–H groups in total. The number of ketones is 1. The van der Waals surface area contributed by atoms with Gasteiger partial charge in [0.2, 0.25) is 11.8 Å². The predicted molar refractivity (Wildman–Crippen MR) is 125 cm³/mol. The highest BCUT2D eigenvalue weighted by molar-refractivity contribution is 6.30. The fourth-order valence-electron chi connectivity index (χ4n) is 5.49. The summed E-state index contributed by atoms with van der Waals surface area (Å²) in [5.74, 6) is -3.16. The van der Waals surface area contributed by atoms with Crippen molar-refractivity contribution < 1.29 is 18.8 Å². The Morgan fingerprint density at radius 2 is 1.53 bits per heavy atom. The molecule has 3 aromatic rings. The number of carbonyl (C=O) groups is 3. The fraction of sp³-hybridized carbons (Fsp3) is 0.148. The van der Waals surface area contributed by atoms with Crippen LogP contribution in [0.4, 0.5) is 10.1 Å². The predicted octanol–water partition coefficient (Wildman–Crippen LogP) is 4.88. The second kappa shape index (κ2) is 7.64. The van der Waals surface area contributed by atoms with Crippen molar-refractivity contribution in [1.82, 2.24) is 4.90 Å². The van der Waals surface area contributed by atoms with E-state index in [4.69, 9.17) is 11.6 Å². The average Bonchev–Trinajstić information content (AvgIpc) is 3.32. The number of nitrogens with zero attached hydrogens (tertiary/aromatic N) is 2. The van der Waals surface area contributed by atoms with Crippen molar-refractivity contribution >= 4 is 41.0 Å². The Hall–Kier alpha value is -3.77. The van der Waals surface area contributed by atoms with Gasteiger partial charge in [0.1, 0.15) is 11.9 Å². The zero-order chi connectivity index (χ0) is 23.6. The largest absolute Gasteiger partial charge is 0.358 e. The summed E-state index contributed by atoms with van der Waals surface area (Å²) in [4.78, 5) is 44.2. The first kappa shape index (κ1) is 20.8. The lowest BCUT2D eigenvalue weighted by Crippen LogP contribution is -2.44. The Morgan fingerprint density at radius 1 is 0.853 bits per heavy atom. The topological polar surface area (TPSA) is 57.7 Å². The van der Waals surface area contributed by atoms with Gasteiger partial charge in [0.15, 0.2) is 5.78 Å². The fourth-order valence-corrected chi connectivity index (χ4v) is 5.61. The molecule has 0 aliphatic carbocycles. The summed E-state index contributed by atoms with van der Waals surface area (Å²) in [6.45, 7) is 0. The quantitative estimate of drug-likeness (QED) is 0.403. The summed E-state index contributed by atoms with van der Waals surface area (Å²) in [5.41, 5.74) is 2.56. The van der Waals surface area contributed by atoms with Crippen LogP contribution in [0, 0.1) is 17.7 Å². The van der Waals surface area contributed by atoms with Crippen LogP contribution < -0.4 is 4.90 Å². The molecule has 3 aromatic carbocycles. The molecule has 0 saturated carbocycles. The third kappa shape index (κ3) is 2.95. The first-order valence-electron chi connectivity index (χ1n) is 10.9. The van der Waals surface area contributed by atoms with E-state index in [1.165, 1.54) is 24.3 Å². The third-order valence-corrected chi connectivity index (χ3v) is 7.20. The maximum absolute atomic E-state index is 13.8. The smallest absolute Gasteiger partial charge is 0.240 e. The monoisotopic (exact) mass is 472 g/mol. The minimum atomic E-state index is -0.874. The van der Waals surface area contributed by atoms with Gasteiger partial charge in [-0.2, -0.15) is 0 Å². The van der Waals surface area contributed by atoms with E-state index in [1.54, 1.807) is 24.3 Å². The number of carbonyl (C=O) groups excluding carboxylic acids is 3. The van der Waals surface area contributed by atoms with Gasteiger partial charge in [-0.05, 0) is 65.7 Å². The zero-order valence-corrected chi connectivity index (χ0v) is 18.5. The third-order valence-electron chi connectivity index (χ3n) is 6.94. The van der Waals surface area contributed by atoms with Crippen LogP contribution in [0.5, 0.6) is 0 Å². The van der Waals surface area contributed by atoms with Gasteiger partial charge in [-0.15, -0.1) is 0 Å². The van der Waals surface area contributed by atoms with Gasteiger partial charge in [0, 0.05) is 16.8 Å². The molecule has 0 aromatic heterocycles. The maximum Gasteiger partial charge on any atom is 0.240 e. The van der Waals surface area contributed by atoms with Gasteiger partial charge in [-0.3, -0.25) is 14.4 Å². The second-order valence-corrected chi connectivity index (χ2v) is 9.13. The van der Waals surface area contributed by atoms with Gasteiger partial charge in [-0.25, -0.2) is 9.29 Å². The van der Waals surface area contributed by atoms with E-state index >= 15 is 0 Å². The molecular weight excluding hydrogens is 455 g/mol. The van der Waals surface area contributed by atoms with Crippen LogP contribution in [-0.2, 0) is 9.59 Å². The van der Waals surface area contributed by atoms with E-state index in [9.17, 15) is 18.8 Å². The molecule has 3 aliphatic heterocycles. The molecular formula is C27H18ClFN2O3. The van der Waals surface area contributed by atoms with Crippen LogP contribution >= 0.6 is 11.6 Å². The van der Waals surface area contributed by atoms with Gasteiger partial charge < -0.3 is 4.90 Å². The summed E-state index contributed by atoms with van der Waals surface area (Å²) in [7, 11) is 0. The lowest BCUT2D eigenvalue weighted by Gasteiger charge is -2.35. The van der Waals surface area contributed by atoms with Crippen molar-refractivity contribution in [3.63, 3.8) is 0 Å². The summed E-state index contributed by atoms with van der Waals surface area (Å²) in [6.07, 6.45) is 3.72. The number of benzene rings is 3. The van der Waals surface area contributed by atoms with Crippen LogP contribution in [0.2, 0.25) is 5.02 Å². The normalized spacial score (nSPS) is 24.8. The minimum Gasteiger partial charge on any atom is -0.358 e. The van der Waals surface area contributed by atoms with Crippen molar-refractivity contribution in [2.75, 3.05) is 4.90 Å². The molecule has 6 rings (SSSR count). The molecule has 34 heavy (non-hydrogen) atoms. The van der Waals surface area contributed by atoms with E-state index in [-0.39, 0.29) is 11.7 Å². The highest BCUT2D eigenvalue weighted by Crippen LogP contribution is 2.53. The molecule has 168 valence electrons. The molecule has 2 saturated heterocycles. The molecule has 0 spiro atoms. The van der Waals surface area contributed by atoms with Crippen LogP contribution in [0.1, 0.15) is 27.5 Å². The average molecular weight is 473 g/mol. The molecule has 3 aliphatic rings. The summed E-state index contributed by atoms with van der Waals surface area (Å²) in [5, 5.41) is 0.500. The number of hydrogen-bond donors (Lipinski definition) is 0. The Morgan fingerprint density at radius 3 is 2.26 bits per heavy atom. The minimum absolute atomic E-state index is 0.250. The number of anilines is 1. The molecule has 2 amide bonds. The number of halogens is 2. The van der Waals surface area contributed by atoms with E-state index in [1.807, 2.05) is 41.4 Å². The zero-order valence-electron chi connectivity index (χ0n) is 17.8. The SMILES string of the molecule is O=C(c1ccc(Cl)cc1)[C@@H]1[C@@H]2C(=O)N(c3ccc(F)cc3)C(=O)[C@@H]2[C@@H]2c3ccccc3C=CN12. The first-order valence-corrected chi connectivity index (χ1v) is 11.3. The Bertz CT molecular complexity index is 1370. The molecule has 0 unspecified atom stereocenters. The first-order chi connectivity index (χ1) is 16.5. The number of amides is 2. The van der Waals surface area contributed by atoms with E-state index in [0.29, 0.717) is 16.3 Å². The highest BCUT2D eigenvalue weighted by atomic mass is 35.5. The van der Waals surface area contributed by atoms with Crippen molar-refractivity contribution in [3.05, 3.63) is 107 Å². The Labute approximate surface area is 200 Å². The van der Waals surface area contributed by atoms with Crippen molar-refractivity contribution in [2.24, 2.45) is 11.8 Å². The van der Waals surface area contributed by atoms with Gasteiger partial charge in [0.25, 0.3) is 0 Å². The van der Waals surface area contributed by atoms with E-state index in [0.717, 1.165) is 16.0 Å². The van der Waals surface area contributed by atoms with Gasteiger partial charge >= 0.3 is 0 Å². The maximum atomic E-state index is 13.8. The van der Waals surface area contributed by atoms with E-state index in [2.05, 4.69) is 0 Å². The summed E-state index contributed by atoms with van der Waals surface area (Å²) in [6, 6.07) is 18.1. The summed E-state index contributed by atoms with van der Waals surface area (Å²) >= 11 is 6.01. The van der Waals surface area contributed by atoms with Crippen LogP contribution in [-0.4, -0.2) is 28.5 Å².